The van der Waals surface area contributed by atoms with E-state index in [9.17, 15) is 4.79 Å². The Balaban J connectivity index is 1.80. The lowest BCUT2D eigenvalue weighted by atomic mass is 9.99. The molecule has 2 saturated heterocycles. The Labute approximate surface area is 164 Å². The molecule has 2 aliphatic rings. The van der Waals surface area contributed by atoms with Gasteiger partial charge in [0.25, 0.3) is 0 Å². The summed E-state index contributed by atoms with van der Waals surface area (Å²) in [4.78, 5) is 21.0. The number of hydrogen-bond donors (Lipinski definition) is 2. The van der Waals surface area contributed by atoms with Crippen molar-refractivity contribution in [2.45, 2.75) is 65.5 Å². The van der Waals surface area contributed by atoms with Crippen molar-refractivity contribution in [1.29, 1.82) is 0 Å². The van der Waals surface area contributed by atoms with Crippen LogP contribution in [0.4, 0.5) is 4.79 Å². The van der Waals surface area contributed by atoms with Gasteiger partial charge in [-0.2, -0.15) is 0 Å². The van der Waals surface area contributed by atoms with Gasteiger partial charge in [0.1, 0.15) is 0 Å². The predicted molar refractivity (Wildman–Crippen MR) is 110 cm³/mol. The second kappa shape index (κ2) is 11.4. The molecule has 0 aromatic carbocycles. The van der Waals surface area contributed by atoms with E-state index in [1.807, 2.05) is 6.92 Å². The lowest BCUT2D eigenvalue weighted by Gasteiger charge is -2.35. The van der Waals surface area contributed by atoms with Crippen molar-refractivity contribution in [2.75, 3.05) is 45.9 Å². The molecule has 2 aliphatic heterocycles. The molecule has 0 aliphatic carbocycles. The number of rotatable bonds is 6. The number of aliphatic imine (C=N–C) groups is 1. The van der Waals surface area contributed by atoms with Crippen LogP contribution in [-0.2, 0) is 4.74 Å². The minimum atomic E-state index is -0.193. The summed E-state index contributed by atoms with van der Waals surface area (Å²) in [5.41, 5.74) is 0. The molecule has 2 rings (SSSR count). The Bertz CT molecular complexity index is 477. The number of carbonyl (C=O) groups is 1. The first-order valence-corrected chi connectivity index (χ1v) is 10.7. The van der Waals surface area contributed by atoms with Crippen LogP contribution in [0, 0.1) is 5.92 Å². The quantitative estimate of drug-likeness (QED) is 0.546. The Morgan fingerprint density at radius 2 is 1.96 bits per heavy atom. The normalized spacial score (nSPS) is 23.8. The number of ether oxygens (including phenoxy) is 1. The summed E-state index contributed by atoms with van der Waals surface area (Å²) in [6.07, 6.45) is 4.29. The van der Waals surface area contributed by atoms with Gasteiger partial charge in [-0.3, -0.25) is 9.89 Å². The van der Waals surface area contributed by atoms with Gasteiger partial charge in [0.2, 0.25) is 0 Å². The van der Waals surface area contributed by atoms with Crippen molar-refractivity contribution >= 4 is 12.1 Å². The van der Waals surface area contributed by atoms with Gasteiger partial charge in [0.05, 0.1) is 13.2 Å². The van der Waals surface area contributed by atoms with Gasteiger partial charge in [0.15, 0.2) is 5.96 Å². The molecule has 2 heterocycles. The maximum absolute atomic E-state index is 11.8. The van der Waals surface area contributed by atoms with Gasteiger partial charge in [-0.05, 0) is 58.9 Å². The van der Waals surface area contributed by atoms with E-state index in [0.717, 1.165) is 50.9 Å². The number of nitrogens with one attached hydrogen (secondary N) is 2. The zero-order valence-electron chi connectivity index (χ0n) is 17.7. The van der Waals surface area contributed by atoms with Gasteiger partial charge in [-0.15, -0.1) is 0 Å². The summed E-state index contributed by atoms with van der Waals surface area (Å²) in [6, 6.07) is 0.813. The van der Waals surface area contributed by atoms with Gasteiger partial charge < -0.3 is 20.3 Å². The summed E-state index contributed by atoms with van der Waals surface area (Å²) in [5, 5.41) is 6.92. The van der Waals surface area contributed by atoms with Crippen molar-refractivity contribution in [1.82, 2.24) is 20.4 Å². The number of hydrogen-bond acceptors (Lipinski definition) is 4. The molecule has 0 aromatic heterocycles. The number of guanidine groups is 1. The highest BCUT2D eigenvalue weighted by molar-refractivity contribution is 5.80. The molecule has 0 radical (unpaired) electrons. The third-order valence-corrected chi connectivity index (χ3v) is 5.53. The van der Waals surface area contributed by atoms with Crippen molar-refractivity contribution in [3.8, 4) is 0 Å². The summed E-state index contributed by atoms with van der Waals surface area (Å²) in [7, 11) is 0. The molecule has 27 heavy (non-hydrogen) atoms. The Kier molecular flexibility index (Phi) is 9.18. The van der Waals surface area contributed by atoms with E-state index in [1.54, 1.807) is 4.90 Å². The second-order valence-corrected chi connectivity index (χ2v) is 7.92. The number of likely N-dealkylation sites (tertiary alicyclic amines) is 2. The van der Waals surface area contributed by atoms with Crippen LogP contribution in [0.2, 0.25) is 0 Å². The van der Waals surface area contributed by atoms with Crippen LogP contribution in [0.1, 0.15) is 53.4 Å². The fraction of sp³-hybridized carbons (Fsp3) is 0.900. The van der Waals surface area contributed by atoms with Crippen molar-refractivity contribution in [3.63, 3.8) is 0 Å². The van der Waals surface area contributed by atoms with E-state index < -0.39 is 0 Å². The minimum absolute atomic E-state index is 0.193. The monoisotopic (exact) mass is 381 g/mol. The van der Waals surface area contributed by atoms with E-state index >= 15 is 0 Å². The first-order valence-electron chi connectivity index (χ1n) is 10.7. The number of carbonyl (C=O) groups excluding carboxylic acids is 1. The third kappa shape index (κ3) is 7.20. The maximum Gasteiger partial charge on any atom is 0.409 e. The van der Waals surface area contributed by atoms with Crippen LogP contribution in [-0.4, -0.2) is 79.8 Å². The fourth-order valence-electron chi connectivity index (χ4n) is 3.90. The zero-order valence-corrected chi connectivity index (χ0v) is 17.7. The van der Waals surface area contributed by atoms with Crippen LogP contribution in [0.15, 0.2) is 4.99 Å². The lowest BCUT2D eigenvalue weighted by Crippen LogP contribution is -2.50. The molecule has 7 heteroatoms. The van der Waals surface area contributed by atoms with E-state index in [0.29, 0.717) is 18.7 Å². The molecule has 2 fully saturated rings. The molecule has 2 unspecified atom stereocenters. The van der Waals surface area contributed by atoms with Gasteiger partial charge in [0, 0.05) is 38.3 Å². The summed E-state index contributed by atoms with van der Waals surface area (Å²) >= 11 is 0. The Morgan fingerprint density at radius 3 is 2.59 bits per heavy atom. The standard InChI is InChI=1S/C20H39N5O2/c1-5-21-19(22-14-17(4)25-11-7-8-16(3)15-25)23-18-9-12-24(13-10-18)20(26)27-6-2/h16-18H,5-15H2,1-4H3,(H2,21,22,23). The molecule has 0 bridgehead atoms. The average molecular weight is 382 g/mol. The average Bonchev–Trinajstić information content (AvgIpc) is 2.67. The summed E-state index contributed by atoms with van der Waals surface area (Å²) < 4.78 is 5.09. The van der Waals surface area contributed by atoms with E-state index in [1.165, 1.54) is 25.9 Å². The van der Waals surface area contributed by atoms with Crippen molar-refractivity contribution in [3.05, 3.63) is 0 Å². The van der Waals surface area contributed by atoms with Crippen molar-refractivity contribution < 1.29 is 9.53 Å². The van der Waals surface area contributed by atoms with Gasteiger partial charge in [-0.25, -0.2) is 4.79 Å². The van der Waals surface area contributed by atoms with Crippen LogP contribution in [0.25, 0.3) is 0 Å². The molecule has 0 aromatic rings. The van der Waals surface area contributed by atoms with Gasteiger partial charge >= 0.3 is 6.09 Å². The third-order valence-electron chi connectivity index (χ3n) is 5.53. The second-order valence-electron chi connectivity index (χ2n) is 7.92. The van der Waals surface area contributed by atoms with E-state index in [4.69, 9.17) is 9.73 Å². The summed E-state index contributed by atoms with van der Waals surface area (Å²) in [6.45, 7) is 14.5. The first kappa shape index (κ1) is 21.8. The van der Waals surface area contributed by atoms with E-state index in [-0.39, 0.29) is 6.09 Å². The molecule has 1 amide bonds. The molecule has 2 atom stereocenters. The fourth-order valence-corrected chi connectivity index (χ4v) is 3.90. The van der Waals surface area contributed by atoms with Crippen LogP contribution >= 0.6 is 0 Å². The van der Waals surface area contributed by atoms with Gasteiger partial charge in [-0.1, -0.05) is 6.92 Å². The van der Waals surface area contributed by atoms with Crippen LogP contribution < -0.4 is 10.6 Å². The van der Waals surface area contributed by atoms with Crippen LogP contribution in [0.3, 0.4) is 0 Å². The number of piperidine rings is 2. The maximum atomic E-state index is 11.8. The SMILES string of the molecule is CCNC(=NCC(C)N1CCCC(C)C1)NC1CCN(C(=O)OCC)CC1. The highest BCUT2D eigenvalue weighted by Gasteiger charge is 2.24. The van der Waals surface area contributed by atoms with Crippen LogP contribution in [0.5, 0.6) is 0 Å². The predicted octanol–water partition coefficient (Wildman–Crippen LogP) is 2.28. The molecule has 0 saturated carbocycles. The van der Waals surface area contributed by atoms with Crippen molar-refractivity contribution in [2.24, 2.45) is 10.9 Å². The molecule has 7 nitrogen and oxygen atoms in total. The number of amides is 1. The highest BCUT2D eigenvalue weighted by Crippen LogP contribution is 2.17. The highest BCUT2D eigenvalue weighted by atomic mass is 16.6. The summed E-state index contributed by atoms with van der Waals surface area (Å²) in [5.74, 6) is 1.69. The minimum Gasteiger partial charge on any atom is -0.450 e. The molecule has 2 N–H and O–H groups in total. The number of nitrogens with zero attached hydrogens (tertiary/aromatic N) is 3. The Morgan fingerprint density at radius 1 is 1.22 bits per heavy atom. The lowest BCUT2D eigenvalue weighted by molar-refractivity contribution is 0.0963. The molecular formula is C20H39N5O2. The Hall–Kier alpha value is -1.50. The molecule has 0 spiro atoms. The molecular weight excluding hydrogens is 342 g/mol. The first-order chi connectivity index (χ1) is 13.0. The van der Waals surface area contributed by atoms with E-state index in [2.05, 4.69) is 36.3 Å². The largest absolute Gasteiger partial charge is 0.450 e. The topological polar surface area (TPSA) is 69.2 Å². The smallest absolute Gasteiger partial charge is 0.409 e. The molecule has 156 valence electrons. The zero-order chi connectivity index (χ0) is 19.6.